The van der Waals surface area contributed by atoms with Crippen molar-refractivity contribution in [1.82, 2.24) is 10.2 Å². The Morgan fingerprint density at radius 3 is 2.81 bits per heavy atom. The van der Waals surface area contributed by atoms with Gasteiger partial charge in [-0.15, -0.1) is 0 Å². The Morgan fingerprint density at radius 1 is 1.22 bits per heavy atom. The van der Waals surface area contributed by atoms with Gasteiger partial charge in [0.25, 0.3) is 11.8 Å². The normalized spacial score (nSPS) is 18.3. The number of anilines is 1. The van der Waals surface area contributed by atoms with Crippen LogP contribution in [0.1, 0.15) is 25.3 Å². The number of amides is 2. The van der Waals surface area contributed by atoms with Crippen LogP contribution in [0.15, 0.2) is 48.2 Å². The van der Waals surface area contributed by atoms with E-state index in [1.165, 1.54) is 7.11 Å². The summed E-state index contributed by atoms with van der Waals surface area (Å²) in [5.41, 5.74) is 1.66. The quantitative estimate of drug-likeness (QED) is 0.370. The molecule has 9 nitrogen and oxygen atoms in total. The van der Waals surface area contributed by atoms with Crippen molar-refractivity contribution in [2.24, 2.45) is 0 Å². The van der Waals surface area contributed by atoms with Crippen LogP contribution in [0.25, 0.3) is 6.08 Å². The molecule has 2 N–H and O–H groups in total. The van der Waals surface area contributed by atoms with Crippen LogP contribution in [0.5, 0.6) is 17.2 Å². The molecule has 2 aliphatic rings. The number of nitrogens with one attached hydrogen (secondary N) is 2. The molecule has 0 aromatic heterocycles. The van der Waals surface area contributed by atoms with Crippen LogP contribution in [0, 0.1) is 0 Å². The third-order valence-corrected chi connectivity index (χ3v) is 6.01. The lowest BCUT2D eigenvalue weighted by atomic mass is 10.1. The zero-order valence-corrected chi connectivity index (χ0v) is 21.1. The van der Waals surface area contributed by atoms with Crippen molar-refractivity contribution in [2.45, 2.75) is 25.9 Å². The summed E-state index contributed by atoms with van der Waals surface area (Å²) in [5, 5.41) is 6.13. The predicted molar refractivity (Wildman–Crippen MR) is 139 cm³/mol. The van der Waals surface area contributed by atoms with Crippen LogP contribution in [0.2, 0.25) is 0 Å². The number of ether oxygens (including phenoxy) is 4. The number of carbonyl (C=O) groups is 2. The van der Waals surface area contributed by atoms with E-state index in [1.807, 2.05) is 13.0 Å². The van der Waals surface area contributed by atoms with E-state index in [4.69, 9.17) is 31.2 Å². The number of para-hydroxylation sites is 2. The first-order valence-electron chi connectivity index (χ1n) is 11.8. The van der Waals surface area contributed by atoms with Crippen LogP contribution in [-0.2, 0) is 14.3 Å². The van der Waals surface area contributed by atoms with Gasteiger partial charge in [-0.3, -0.25) is 14.5 Å². The number of carbonyl (C=O) groups excluding carboxylic acids is 2. The second-order valence-corrected chi connectivity index (χ2v) is 8.60. The van der Waals surface area contributed by atoms with Crippen LogP contribution in [-0.4, -0.2) is 61.4 Å². The van der Waals surface area contributed by atoms with Crippen LogP contribution in [0.3, 0.4) is 0 Å². The van der Waals surface area contributed by atoms with Crippen molar-refractivity contribution in [2.75, 3.05) is 38.8 Å². The zero-order valence-electron chi connectivity index (χ0n) is 20.2. The molecule has 4 rings (SSSR count). The lowest BCUT2D eigenvalue weighted by molar-refractivity contribution is -0.123. The first-order chi connectivity index (χ1) is 17.5. The molecule has 1 atom stereocenters. The maximum absolute atomic E-state index is 12.9. The second kappa shape index (κ2) is 11.9. The van der Waals surface area contributed by atoms with Gasteiger partial charge in [0, 0.05) is 6.61 Å². The standard InChI is InChI=1S/C26H29N3O6S/c1-3-33-23-14-17(13-20-25(31)29(26(36)28-20)15-18-7-6-12-34-18)10-11-22(23)35-16-24(30)27-19-8-4-5-9-21(19)32-2/h4-5,8-11,13-14,18H,3,6-7,12,15-16H2,1-2H3,(H,27,30)(H,28,36)/b20-13+. The molecule has 2 fully saturated rings. The maximum Gasteiger partial charge on any atom is 0.276 e. The molecule has 2 aromatic carbocycles. The van der Waals surface area contributed by atoms with Gasteiger partial charge >= 0.3 is 0 Å². The number of methoxy groups -OCH3 is 1. The van der Waals surface area contributed by atoms with Crippen molar-refractivity contribution in [3.8, 4) is 17.2 Å². The lowest BCUT2D eigenvalue weighted by Crippen LogP contribution is -2.37. The summed E-state index contributed by atoms with van der Waals surface area (Å²) in [5.74, 6) is 0.897. The number of benzene rings is 2. The highest BCUT2D eigenvalue weighted by molar-refractivity contribution is 7.80. The van der Waals surface area contributed by atoms with E-state index in [9.17, 15) is 9.59 Å². The number of thiocarbonyl (C=S) groups is 1. The minimum absolute atomic E-state index is 0.00853. The van der Waals surface area contributed by atoms with Gasteiger partial charge in [0.15, 0.2) is 23.2 Å². The van der Waals surface area contributed by atoms with Gasteiger partial charge in [0.1, 0.15) is 11.4 Å². The fraction of sp³-hybridized carbons (Fsp3) is 0.346. The highest BCUT2D eigenvalue weighted by atomic mass is 32.1. The summed E-state index contributed by atoms with van der Waals surface area (Å²) in [6, 6.07) is 12.4. The van der Waals surface area contributed by atoms with Crippen molar-refractivity contribution < 1.29 is 28.5 Å². The van der Waals surface area contributed by atoms with E-state index < -0.39 is 0 Å². The van der Waals surface area contributed by atoms with E-state index in [0.717, 1.165) is 18.4 Å². The van der Waals surface area contributed by atoms with Gasteiger partial charge in [-0.25, -0.2) is 0 Å². The Balaban J connectivity index is 1.42. The van der Waals surface area contributed by atoms with Gasteiger partial charge in [-0.1, -0.05) is 18.2 Å². The van der Waals surface area contributed by atoms with Gasteiger partial charge in [0.2, 0.25) is 0 Å². The Morgan fingerprint density at radius 2 is 2.06 bits per heavy atom. The minimum Gasteiger partial charge on any atom is -0.495 e. The molecule has 0 saturated carbocycles. The van der Waals surface area contributed by atoms with Crippen molar-refractivity contribution >= 4 is 40.9 Å². The first kappa shape index (κ1) is 25.5. The summed E-state index contributed by atoms with van der Waals surface area (Å²) < 4.78 is 22.3. The molecule has 190 valence electrons. The van der Waals surface area contributed by atoms with E-state index >= 15 is 0 Å². The van der Waals surface area contributed by atoms with Gasteiger partial charge in [-0.2, -0.15) is 0 Å². The number of hydrogen-bond acceptors (Lipinski definition) is 7. The summed E-state index contributed by atoms with van der Waals surface area (Å²) in [6.45, 7) is 3.19. The highest BCUT2D eigenvalue weighted by Gasteiger charge is 2.33. The molecule has 2 heterocycles. The molecule has 36 heavy (non-hydrogen) atoms. The number of hydrogen-bond donors (Lipinski definition) is 2. The van der Waals surface area contributed by atoms with Gasteiger partial charge in [0.05, 0.1) is 32.1 Å². The highest BCUT2D eigenvalue weighted by Crippen LogP contribution is 2.30. The topological polar surface area (TPSA) is 98.4 Å². The molecule has 2 amide bonds. The average molecular weight is 512 g/mol. The molecule has 0 aliphatic carbocycles. The molecule has 2 aliphatic heterocycles. The molecule has 0 bridgehead atoms. The lowest BCUT2D eigenvalue weighted by Gasteiger charge is -2.18. The Hall–Kier alpha value is -3.63. The molecule has 0 spiro atoms. The molecular formula is C26H29N3O6S. The van der Waals surface area contributed by atoms with Crippen LogP contribution < -0.4 is 24.8 Å². The molecule has 1 unspecified atom stereocenters. The SMILES string of the molecule is CCOc1cc(/C=C2/NC(=S)N(CC3CCCO3)C2=O)ccc1OCC(=O)Nc1ccccc1OC. The van der Waals surface area contributed by atoms with E-state index in [0.29, 0.717) is 53.5 Å². The first-order valence-corrected chi connectivity index (χ1v) is 12.2. The van der Waals surface area contributed by atoms with Crippen LogP contribution >= 0.6 is 12.2 Å². The zero-order chi connectivity index (χ0) is 25.5. The minimum atomic E-state index is -0.339. The monoisotopic (exact) mass is 511 g/mol. The molecule has 2 aromatic rings. The fourth-order valence-electron chi connectivity index (χ4n) is 3.98. The third kappa shape index (κ3) is 6.13. The van der Waals surface area contributed by atoms with Crippen LogP contribution in [0.4, 0.5) is 5.69 Å². The third-order valence-electron chi connectivity index (χ3n) is 5.69. The summed E-state index contributed by atoms with van der Waals surface area (Å²) in [6.07, 6.45) is 3.63. The number of nitrogens with zero attached hydrogens (tertiary/aromatic N) is 1. The van der Waals surface area contributed by atoms with Crippen molar-refractivity contribution in [1.29, 1.82) is 0 Å². The fourth-order valence-corrected chi connectivity index (χ4v) is 4.24. The van der Waals surface area contributed by atoms with E-state index in [-0.39, 0.29) is 24.5 Å². The van der Waals surface area contributed by atoms with Crippen molar-refractivity contribution in [3.63, 3.8) is 0 Å². The Bertz CT molecular complexity index is 1160. The largest absolute Gasteiger partial charge is 0.495 e. The summed E-state index contributed by atoms with van der Waals surface area (Å²) in [7, 11) is 1.54. The Labute approximate surface area is 215 Å². The molecule has 2 saturated heterocycles. The summed E-state index contributed by atoms with van der Waals surface area (Å²) >= 11 is 5.36. The second-order valence-electron chi connectivity index (χ2n) is 8.22. The van der Waals surface area contributed by atoms with Gasteiger partial charge < -0.3 is 29.6 Å². The van der Waals surface area contributed by atoms with Gasteiger partial charge in [-0.05, 0) is 67.9 Å². The average Bonchev–Trinajstić information content (AvgIpc) is 3.48. The van der Waals surface area contributed by atoms with E-state index in [1.54, 1.807) is 47.4 Å². The van der Waals surface area contributed by atoms with Crippen molar-refractivity contribution in [3.05, 3.63) is 53.7 Å². The molecular weight excluding hydrogens is 482 g/mol. The number of rotatable bonds is 10. The molecule has 0 radical (unpaired) electrons. The smallest absolute Gasteiger partial charge is 0.276 e. The molecule has 10 heteroatoms. The maximum atomic E-state index is 12.9. The predicted octanol–water partition coefficient (Wildman–Crippen LogP) is 3.35. The summed E-state index contributed by atoms with van der Waals surface area (Å²) in [4.78, 5) is 26.9. The van der Waals surface area contributed by atoms with E-state index in [2.05, 4.69) is 10.6 Å². The Kier molecular flexibility index (Phi) is 8.40.